The second-order valence-corrected chi connectivity index (χ2v) is 3.74. The maximum Gasteiger partial charge on any atom is 0.233 e. The number of amides is 1. The molecule has 2 rings (SSSR count). The van der Waals surface area contributed by atoms with Crippen molar-refractivity contribution in [1.29, 1.82) is 0 Å². The topological polar surface area (TPSA) is 33.5 Å². The Morgan fingerprint density at radius 1 is 1.38 bits per heavy atom. The lowest BCUT2D eigenvalue weighted by Gasteiger charge is -2.19. The Morgan fingerprint density at radius 3 is 2.46 bits per heavy atom. The van der Waals surface area contributed by atoms with Gasteiger partial charge in [0.25, 0.3) is 0 Å². The van der Waals surface area contributed by atoms with Crippen molar-refractivity contribution in [3.05, 3.63) is 23.7 Å². The molecular weight excluding hydrogens is 166 g/mol. The average molecular weight is 179 g/mol. The summed E-state index contributed by atoms with van der Waals surface area (Å²) in [6.45, 7) is 2.03. The van der Waals surface area contributed by atoms with Crippen LogP contribution in [-0.4, -0.2) is 24.9 Å². The number of carbonyl (C=O) groups is 1. The molecule has 2 heterocycles. The van der Waals surface area contributed by atoms with Crippen LogP contribution in [0.4, 0.5) is 0 Å². The van der Waals surface area contributed by atoms with Crippen molar-refractivity contribution < 1.29 is 9.21 Å². The van der Waals surface area contributed by atoms with E-state index in [9.17, 15) is 4.79 Å². The summed E-state index contributed by atoms with van der Waals surface area (Å²) in [4.78, 5) is 13.3. The van der Waals surface area contributed by atoms with Crippen molar-refractivity contribution in [2.45, 2.75) is 18.8 Å². The van der Waals surface area contributed by atoms with E-state index >= 15 is 0 Å². The Balaban J connectivity index is 2.29. The third-order valence-corrected chi connectivity index (χ3v) is 2.61. The normalized spacial score (nSPS) is 24.8. The molecular formula is C10H13NO2. The number of furan rings is 1. The number of hydrogen-bond donors (Lipinski definition) is 0. The van der Waals surface area contributed by atoms with E-state index in [1.165, 1.54) is 0 Å². The van der Waals surface area contributed by atoms with Crippen LogP contribution in [0.2, 0.25) is 0 Å². The predicted molar refractivity (Wildman–Crippen MR) is 48.6 cm³/mol. The van der Waals surface area contributed by atoms with Gasteiger partial charge in [0.05, 0.1) is 0 Å². The molecule has 2 atom stereocenters. The van der Waals surface area contributed by atoms with Crippen LogP contribution in [0, 0.1) is 0 Å². The molecule has 3 heteroatoms. The third kappa shape index (κ3) is 1.07. The number of nitrogens with zero attached hydrogens (tertiary/aromatic N) is 1. The van der Waals surface area contributed by atoms with Crippen molar-refractivity contribution in [1.82, 2.24) is 4.90 Å². The predicted octanol–water partition coefficient (Wildman–Crippen LogP) is 1.57. The van der Waals surface area contributed by atoms with Gasteiger partial charge in [-0.3, -0.25) is 4.79 Å². The van der Waals surface area contributed by atoms with Crippen LogP contribution in [0.25, 0.3) is 0 Å². The van der Waals surface area contributed by atoms with E-state index in [-0.39, 0.29) is 17.7 Å². The fourth-order valence-corrected chi connectivity index (χ4v) is 1.80. The van der Waals surface area contributed by atoms with Crippen LogP contribution in [0.1, 0.15) is 30.3 Å². The molecule has 1 aromatic heterocycles. The van der Waals surface area contributed by atoms with Crippen LogP contribution in [0.5, 0.6) is 0 Å². The Bertz CT molecular complexity index is 340. The fourth-order valence-electron chi connectivity index (χ4n) is 1.80. The van der Waals surface area contributed by atoms with Gasteiger partial charge in [-0.15, -0.1) is 0 Å². The van der Waals surface area contributed by atoms with Crippen molar-refractivity contribution in [2.24, 2.45) is 0 Å². The van der Waals surface area contributed by atoms with E-state index in [1.54, 1.807) is 19.0 Å². The van der Waals surface area contributed by atoms with E-state index in [1.807, 2.05) is 19.1 Å². The third-order valence-electron chi connectivity index (χ3n) is 2.61. The van der Waals surface area contributed by atoms with Crippen LogP contribution < -0.4 is 0 Å². The molecule has 3 nitrogen and oxygen atoms in total. The lowest BCUT2D eigenvalue weighted by molar-refractivity contribution is -0.130. The maximum absolute atomic E-state index is 11.7. The molecule has 70 valence electrons. The summed E-state index contributed by atoms with van der Waals surface area (Å²) in [5.41, 5.74) is 0. The number of carbonyl (C=O) groups excluding carboxylic acids is 1. The highest BCUT2D eigenvalue weighted by Gasteiger charge is 2.38. The van der Waals surface area contributed by atoms with Crippen molar-refractivity contribution in [3.8, 4) is 0 Å². The highest BCUT2D eigenvalue weighted by molar-refractivity contribution is 5.84. The molecule has 1 aliphatic heterocycles. The van der Waals surface area contributed by atoms with Crippen molar-refractivity contribution in [3.63, 3.8) is 0 Å². The molecule has 0 aromatic carbocycles. The number of likely N-dealkylation sites (N-methyl/N-ethyl adjacent to an activating group) is 1. The number of rotatable bonds is 1. The molecule has 0 fully saturated rings. The van der Waals surface area contributed by atoms with E-state index in [4.69, 9.17) is 4.42 Å². The standard InChI is InChI=1S/C10H13NO2/c1-6-7-4-5-8(13-7)9(6)10(12)11(2)3/h4-6,9H,1-3H3/t6?,9-/m1/s1. The maximum atomic E-state index is 11.7. The Kier molecular flexibility index (Phi) is 1.68. The summed E-state index contributed by atoms with van der Waals surface area (Å²) in [6, 6.07) is 3.83. The minimum absolute atomic E-state index is 0.0880. The lowest BCUT2D eigenvalue weighted by Crippen LogP contribution is -2.29. The largest absolute Gasteiger partial charge is 0.465 e. The summed E-state index contributed by atoms with van der Waals surface area (Å²) in [5, 5.41) is 0. The molecule has 0 aliphatic carbocycles. The van der Waals surface area contributed by atoms with Crippen molar-refractivity contribution in [2.75, 3.05) is 14.1 Å². The van der Waals surface area contributed by atoms with Crippen LogP contribution in [0.15, 0.2) is 16.5 Å². The quantitative estimate of drug-likeness (QED) is 0.655. The summed E-state index contributed by atoms with van der Waals surface area (Å²) in [5.74, 6) is 1.98. The molecule has 1 aliphatic rings. The first kappa shape index (κ1) is 8.35. The molecule has 0 N–H and O–H groups in total. The van der Waals surface area contributed by atoms with Crippen LogP contribution in [0.3, 0.4) is 0 Å². The first-order valence-electron chi connectivity index (χ1n) is 4.42. The smallest absolute Gasteiger partial charge is 0.233 e. The summed E-state index contributed by atoms with van der Waals surface area (Å²) in [7, 11) is 3.55. The van der Waals surface area contributed by atoms with Gasteiger partial charge in [-0.25, -0.2) is 0 Å². The van der Waals surface area contributed by atoms with Gasteiger partial charge >= 0.3 is 0 Å². The molecule has 13 heavy (non-hydrogen) atoms. The average Bonchev–Trinajstić information content (AvgIpc) is 2.62. The van der Waals surface area contributed by atoms with E-state index < -0.39 is 0 Å². The first-order valence-corrected chi connectivity index (χ1v) is 4.42. The zero-order chi connectivity index (χ0) is 9.59. The molecule has 1 unspecified atom stereocenters. The zero-order valence-electron chi connectivity index (χ0n) is 8.07. The molecule has 0 spiro atoms. The SMILES string of the molecule is CC1c2ccc(o2)[C@@H]1C(=O)N(C)C. The molecule has 1 amide bonds. The molecule has 1 aromatic rings. The van der Waals surface area contributed by atoms with Gasteiger partial charge in [0.2, 0.25) is 5.91 Å². The summed E-state index contributed by atoms with van der Waals surface area (Å²) < 4.78 is 5.44. The van der Waals surface area contributed by atoms with Gasteiger partial charge in [0.1, 0.15) is 17.4 Å². The molecule has 0 saturated carbocycles. The Hall–Kier alpha value is -1.25. The molecule has 2 bridgehead atoms. The minimum atomic E-state index is -0.0880. The van der Waals surface area contributed by atoms with E-state index in [0.29, 0.717) is 0 Å². The van der Waals surface area contributed by atoms with Crippen molar-refractivity contribution >= 4 is 5.91 Å². The van der Waals surface area contributed by atoms with Gasteiger partial charge in [0, 0.05) is 20.0 Å². The first-order chi connectivity index (χ1) is 6.11. The van der Waals surface area contributed by atoms with Gasteiger partial charge in [-0.05, 0) is 12.1 Å². The second kappa shape index (κ2) is 2.62. The molecule has 0 radical (unpaired) electrons. The van der Waals surface area contributed by atoms with Gasteiger partial charge in [-0.2, -0.15) is 0 Å². The number of hydrogen-bond acceptors (Lipinski definition) is 2. The van der Waals surface area contributed by atoms with Crippen LogP contribution >= 0.6 is 0 Å². The fraction of sp³-hybridized carbons (Fsp3) is 0.500. The minimum Gasteiger partial charge on any atom is -0.465 e. The summed E-state index contributed by atoms with van der Waals surface area (Å²) in [6.07, 6.45) is 0. The van der Waals surface area contributed by atoms with Crippen LogP contribution in [-0.2, 0) is 4.79 Å². The molecule has 0 saturated heterocycles. The van der Waals surface area contributed by atoms with Gasteiger partial charge in [0.15, 0.2) is 0 Å². The Morgan fingerprint density at radius 2 is 2.00 bits per heavy atom. The van der Waals surface area contributed by atoms with E-state index in [0.717, 1.165) is 11.5 Å². The lowest BCUT2D eigenvalue weighted by atomic mass is 9.88. The summed E-state index contributed by atoms with van der Waals surface area (Å²) >= 11 is 0. The van der Waals surface area contributed by atoms with E-state index in [2.05, 4.69) is 0 Å². The second-order valence-electron chi connectivity index (χ2n) is 3.74. The van der Waals surface area contributed by atoms with Gasteiger partial charge < -0.3 is 9.32 Å². The number of fused-ring (bicyclic) bond motifs is 2. The van der Waals surface area contributed by atoms with Gasteiger partial charge in [-0.1, -0.05) is 6.92 Å². The Labute approximate surface area is 77.3 Å². The zero-order valence-corrected chi connectivity index (χ0v) is 8.07. The monoisotopic (exact) mass is 179 g/mol. The highest BCUT2D eigenvalue weighted by Crippen LogP contribution is 2.42. The highest BCUT2D eigenvalue weighted by atomic mass is 16.3.